The van der Waals surface area contributed by atoms with Crippen molar-refractivity contribution in [2.75, 3.05) is 39.2 Å². The number of hydrogen-bond acceptors (Lipinski definition) is 5. The summed E-state index contributed by atoms with van der Waals surface area (Å²) in [5.41, 5.74) is 1.32. The van der Waals surface area contributed by atoms with Crippen LogP contribution in [0.25, 0.3) is 10.9 Å². The molecule has 2 heterocycles. The number of nitrogens with zero attached hydrogens (tertiary/aromatic N) is 1. The van der Waals surface area contributed by atoms with Crippen LogP contribution in [0.1, 0.15) is 30.3 Å². The molecule has 0 saturated carbocycles. The Hall–Kier alpha value is -2.54. The lowest BCUT2D eigenvalue weighted by molar-refractivity contribution is -0.117. The fraction of sp³-hybridized carbons (Fsp3) is 0.474. The highest BCUT2D eigenvalue weighted by molar-refractivity contribution is 6.13. The number of methoxy groups -OCH3 is 2. The number of anilines is 1. The van der Waals surface area contributed by atoms with Crippen LogP contribution in [0.2, 0.25) is 0 Å². The number of piperidine rings is 1. The van der Waals surface area contributed by atoms with E-state index >= 15 is 0 Å². The number of aromatic amines is 1. The van der Waals surface area contributed by atoms with Crippen LogP contribution in [-0.4, -0.2) is 55.6 Å². The molecule has 7 nitrogen and oxygen atoms in total. The molecule has 26 heavy (non-hydrogen) atoms. The summed E-state index contributed by atoms with van der Waals surface area (Å²) in [6, 6.07) is 5.44. The summed E-state index contributed by atoms with van der Waals surface area (Å²) < 4.78 is 10.3. The molecule has 1 atom stereocenters. The van der Waals surface area contributed by atoms with Gasteiger partial charge in [-0.2, -0.15) is 0 Å². The van der Waals surface area contributed by atoms with Crippen LogP contribution in [0.4, 0.5) is 5.69 Å². The molecule has 140 valence electrons. The molecule has 7 heteroatoms. The summed E-state index contributed by atoms with van der Waals surface area (Å²) in [6.45, 7) is 4.32. The highest BCUT2D eigenvalue weighted by Gasteiger charge is 2.24. The van der Waals surface area contributed by atoms with Gasteiger partial charge >= 0.3 is 5.97 Å². The second-order valence-electron chi connectivity index (χ2n) is 6.78. The van der Waals surface area contributed by atoms with Gasteiger partial charge in [0, 0.05) is 6.54 Å². The highest BCUT2D eigenvalue weighted by atomic mass is 16.5. The molecule has 0 bridgehead atoms. The third-order valence-corrected chi connectivity index (χ3v) is 4.77. The summed E-state index contributed by atoms with van der Waals surface area (Å²) in [5.74, 6) is 0.479. The lowest BCUT2D eigenvalue weighted by Gasteiger charge is -2.30. The maximum atomic E-state index is 12.6. The summed E-state index contributed by atoms with van der Waals surface area (Å²) in [7, 11) is 2.87. The summed E-state index contributed by atoms with van der Waals surface area (Å²) >= 11 is 0. The Kier molecular flexibility index (Phi) is 5.46. The molecule has 2 N–H and O–H groups in total. The second kappa shape index (κ2) is 7.78. The molecule has 0 unspecified atom stereocenters. The van der Waals surface area contributed by atoms with Crippen LogP contribution >= 0.6 is 0 Å². The Labute approximate surface area is 152 Å². The summed E-state index contributed by atoms with van der Waals surface area (Å²) in [5, 5.41) is 3.56. The van der Waals surface area contributed by atoms with Gasteiger partial charge in [-0.15, -0.1) is 0 Å². The first kappa shape index (κ1) is 18.3. The maximum absolute atomic E-state index is 12.6. The Morgan fingerprint density at radius 3 is 2.85 bits per heavy atom. The van der Waals surface area contributed by atoms with Gasteiger partial charge in [0.05, 0.1) is 37.4 Å². The van der Waals surface area contributed by atoms with Gasteiger partial charge in [-0.05, 0) is 37.4 Å². The van der Waals surface area contributed by atoms with Crippen LogP contribution < -0.4 is 10.1 Å². The number of esters is 1. The van der Waals surface area contributed by atoms with Gasteiger partial charge in [-0.3, -0.25) is 9.69 Å². The second-order valence-corrected chi connectivity index (χ2v) is 6.78. The van der Waals surface area contributed by atoms with Crippen LogP contribution in [0.15, 0.2) is 18.2 Å². The van der Waals surface area contributed by atoms with Gasteiger partial charge in [0.1, 0.15) is 11.4 Å². The van der Waals surface area contributed by atoms with Crippen LogP contribution in [0.5, 0.6) is 5.75 Å². The molecule has 0 aliphatic carbocycles. The number of carbonyl (C=O) groups excluding carboxylic acids is 2. The number of hydrogen-bond donors (Lipinski definition) is 2. The molecule has 2 aromatic rings. The van der Waals surface area contributed by atoms with Crippen LogP contribution in [-0.2, 0) is 9.53 Å². The third-order valence-electron chi connectivity index (χ3n) is 4.77. The third kappa shape index (κ3) is 3.67. The van der Waals surface area contributed by atoms with Crippen LogP contribution in [0.3, 0.4) is 0 Å². The fourth-order valence-electron chi connectivity index (χ4n) is 3.58. The number of ether oxygens (including phenoxy) is 2. The van der Waals surface area contributed by atoms with E-state index in [1.165, 1.54) is 13.5 Å². The first-order chi connectivity index (χ1) is 12.5. The fourth-order valence-corrected chi connectivity index (χ4v) is 3.58. The first-order valence-electron chi connectivity index (χ1n) is 8.82. The quantitative estimate of drug-likeness (QED) is 0.802. The summed E-state index contributed by atoms with van der Waals surface area (Å²) in [6.07, 6.45) is 2.30. The molecular weight excluding hydrogens is 334 g/mol. The predicted octanol–water partition coefficient (Wildman–Crippen LogP) is 2.63. The van der Waals surface area contributed by atoms with Crippen molar-refractivity contribution in [2.45, 2.75) is 19.8 Å². The van der Waals surface area contributed by atoms with Gasteiger partial charge in [-0.1, -0.05) is 13.0 Å². The van der Waals surface area contributed by atoms with E-state index in [0.29, 0.717) is 34.8 Å². The van der Waals surface area contributed by atoms with E-state index < -0.39 is 5.97 Å². The lowest BCUT2D eigenvalue weighted by Crippen LogP contribution is -2.39. The van der Waals surface area contributed by atoms with E-state index in [4.69, 9.17) is 9.47 Å². The molecule has 0 spiro atoms. The maximum Gasteiger partial charge on any atom is 0.356 e. The van der Waals surface area contributed by atoms with E-state index in [1.54, 1.807) is 13.2 Å². The minimum atomic E-state index is -0.537. The minimum Gasteiger partial charge on any atom is -0.496 e. The average molecular weight is 359 g/mol. The number of rotatable bonds is 5. The number of H-pyrrole nitrogens is 1. The predicted molar refractivity (Wildman–Crippen MR) is 99.7 cm³/mol. The lowest BCUT2D eigenvalue weighted by atomic mass is 10.0. The number of aromatic nitrogens is 1. The zero-order chi connectivity index (χ0) is 18.7. The van der Waals surface area contributed by atoms with E-state index in [1.807, 2.05) is 12.1 Å². The molecule has 1 fully saturated rings. The zero-order valence-electron chi connectivity index (χ0n) is 15.4. The monoisotopic (exact) mass is 359 g/mol. The van der Waals surface area contributed by atoms with Crippen molar-refractivity contribution < 1.29 is 19.1 Å². The van der Waals surface area contributed by atoms with Crippen molar-refractivity contribution in [3.63, 3.8) is 0 Å². The zero-order valence-corrected chi connectivity index (χ0v) is 15.4. The molecule has 1 saturated heterocycles. The normalized spacial score (nSPS) is 17.9. The van der Waals surface area contributed by atoms with Crippen molar-refractivity contribution in [1.29, 1.82) is 0 Å². The largest absolute Gasteiger partial charge is 0.496 e. The van der Waals surface area contributed by atoms with E-state index in [-0.39, 0.29) is 11.6 Å². The molecule has 1 amide bonds. The Bertz CT molecular complexity index is 814. The molecule has 1 aliphatic heterocycles. The van der Waals surface area contributed by atoms with Crippen molar-refractivity contribution in [3.8, 4) is 5.75 Å². The molecule has 3 rings (SSSR count). The highest BCUT2D eigenvalue weighted by Crippen LogP contribution is 2.35. The van der Waals surface area contributed by atoms with E-state index in [0.717, 1.165) is 19.5 Å². The topological polar surface area (TPSA) is 83.7 Å². The van der Waals surface area contributed by atoms with Crippen molar-refractivity contribution >= 4 is 28.5 Å². The molecule has 1 aromatic heterocycles. The number of fused-ring (bicyclic) bond motifs is 1. The average Bonchev–Trinajstić information content (AvgIpc) is 2.99. The number of benzene rings is 1. The van der Waals surface area contributed by atoms with E-state index in [2.05, 4.69) is 22.1 Å². The number of amides is 1. The van der Waals surface area contributed by atoms with E-state index in [9.17, 15) is 9.59 Å². The molecule has 1 aromatic carbocycles. The van der Waals surface area contributed by atoms with Gasteiger partial charge in [-0.25, -0.2) is 4.79 Å². The Balaban J connectivity index is 1.89. The first-order valence-corrected chi connectivity index (χ1v) is 8.82. The SMILES string of the molecule is COC(=O)c1[nH]c2cccc(OC)c2c1NC(=O)CN1CCC[C@@H](C)C1. The minimum absolute atomic E-state index is 0.156. The summed E-state index contributed by atoms with van der Waals surface area (Å²) in [4.78, 5) is 30.0. The molecule has 0 radical (unpaired) electrons. The van der Waals surface area contributed by atoms with Gasteiger partial charge in [0.25, 0.3) is 0 Å². The Morgan fingerprint density at radius 1 is 1.35 bits per heavy atom. The van der Waals surface area contributed by atoms with Crippen LogP contribution in [0, 0.1) is 5.92 Å². The number of likely N-dealkylation sites (tertiary alicyclic amines) is 1. The van der Waals surface area contributed by atoms with Crippen molar-refractivity contribution in [1.82, 2.24) is 9.88 Å². The van der Waals surface area contributed by atoms with Gasteiger partial charge < -0.3 is 19.8 Å². The standard InChI is InChI=1S/C19H25N3O4/c1-12-6-5-9-22(10-12)11-15(23)21-17-16-13(7-4-8-14(16)25-2)20-18(17)19(24)26-3/h4,7-8,12,20H,5-6,9-11H2,1-3H3,(H,21,23)/t12-/m1/s1. The van der Waals surface area contributed by atoms with Crippen molar-refractivity contribution in [2.24, 2.45) is 5.92 Å². The van der Waals surface area contributed by atoms with Gasteiger partial charge in [0.15, 0.2) is 0 Å². The van der Waals surface area contributed by atoms with Crippen molar-refractivity contribution in [3.05, 3.63) is 23.9 Å². The molecule has 1 aliphatic rings. The Morgan fingerprint density at radius 2 is 2.15 bits per heavy atom. The smallest absolute Gasteiger partial charge is 0.356 e. The van der Waals surface area contributed by atoms with Gasteiger partial charge in [0.2, 0.25) is 5.91 Å². The number of nitrogens with one attached hydrogen (secondary N) is 2. The molecular formula is C19H25N3O4. The number of carbonyl (C=O) groups is 2.